The number of hydrogen-bond donors (Lipinski definition) is 1. The quantitative estimate of drug-likeness (QED) is 0.621. The summed E-state index contributed by atoms with van der Waals surface area (Å²) >= 11 is 0. The molecule has 2 aliphatic carbocycles. The molecule has 3 rings (SSSR count). The number of aryl methyl sites for hydroxylation is 1. The van der Waals surface area contributed by atoms with E-state index in [1.165, 1.54) is 23.3 Å². The normalized spacial score (nSPS) is 21.9. The Morgan fingerprint density at radius 2 is 2.54 bits per heavy atom. The first kappa shape index (κ1) is 7.03. The number of nitrogens with one attached hydrogen (secondary N) is 1. The fraction of sp³-hybridized carbons (Fsp3) is 0.333. The van der Waals surface area contributed by atoms with E-state index in [-0.39, 0.29) is 0 Å². The molecule has 1 atom stereocenters. The molecule has 1 aromatic heterocycles. The Labute approximate surface area is 77.9 Å². The summed E-state index contributed by atoms with van der Waals surface area (Å²) in [7, 11) is 0. The minimum Gasteiger partial charge on any atom is -0.352 e. The lowest BCUT2D eigenvalue weighted by Crippen LogP contribution is -1.79. The van der Waals surface area contributed by atoms with Crippen molar-refractivity contribution in [3.63, 3.8) is 0 Å². The fourth-order valence-corrected chi connectivity index (χ4v) is 1.78. The average molecular weight is 169 g/mol. The van der Waals surface area contributed by atoms with Gasteiger partial charge in [-0.05, 0) is 24.8 Å². The summed E-state index contributed by atoms with van der Waals surface area (Å²) in [5.74, 6) is 7.05. The van der Waals surface area contributed by atoms with Gasteiger partial charge in [0.1, 0.15) is 0 Å². The van der Waals surface area contributed by atoms with E-state index in [0.29, 0.717) is 5.92 Å². The second-order valence-electron chi connectivity index (χ2n) is 3.72. The zero-order valence-electron chi connectivity index (χ0n) is 7.65. The van der Waals surface area contributed by atoms with Crippen LogP contribution >= 0.6 is 0 Å². The van der Waals surface area contributed by atoms with E-state index >= 15 is 0 Å². The van der Waals surface area contributed by atoms with Gasteiger partial charge in [-0.25, -0.2) is 0 Å². The van der Waals surface area contributed by atoms with Gasteiger partial charge in [-0.3, -0.25) is 0 Å². The molecule has 1 saturated carbocycles. The summed E-state index contributed by atoms with van der Waals surface area (Å²) < 4.78 is 0. The second kappa shape index (κ2) is 2.29. The Morgan fingerprint density at radius 3 is 3.38 bits per heavy atom. The molecule has 1 heteroatoms. The zero-order valence-corrected chi connectivity index (χ0v) is 7.65. The van der Waals surface area contributed by atoms with Crippen molar-refractivity contribution in [1.29, 1.82) is 0 Å². The van der Waals surface area contributed by atoms with E-state index in [1.807, 2.05) is 0 Å². The Bertz CT molecular complexity index is 451. The number of hydrogen-bond acceptors (Lipinski definition) is 0. The van der Waals surface area contributed by atoms with Crippen molar-refractivity contribution in [2.24, 2.45) is 5.92 Å². The second-order valence-corrected chi connectivity index (χ2v) is 3.72. The van der Waals surface area contributed by atoms with Gasteiger partial charge in [-0.15, -0.1) is 0 Å². The van der Waals surface area contributed by atoms with Crippen LogP contribution in [0.25, 0.3) is 6.08 Å². The number of aromatic nitrogens is 1. The Hall–Kier alpha value is -1.42. The van der Waals surface area contributed by atoms with Crippen LogP contribution in [0.2, 0.25) is 0 Å². The van der Waals surface area contributed by atoms with Gasteiger partial charge in [-0.1, -0.05) is 24.5 Å². The molecule has 0 radical (unpaired) electrons. The molecule has 1 nitrogen and oxygen atoms in total. The van der Waals surface area contributed by atoms with Crippen molar-refractivity contribution in [2.45, 2.75) is 19.8 Å². The Morgan fingerprint density at radius 1 is 1.62 bits per heavy atom. The number of rotatable bonds is 1. The smallest absolute Gasteiger partial charge is 0.0969 e. The average Bonchev–Trinajstić information content (AvgIpc) is 2.78. The SMILES string of the molecule is CCc1cc2c([nH]1)C#CC1CC1=C2. The molecule has 13 heavy (non-hydrogen) atoms. The maximum Gasteiger partial charge on any atom is 0.0969 e. The van der Waals surface area contributed by atoms with Gasteiger partial charge in [-0.2, -0.15) is 0 Å². The van der Waals surface area contributed by atoms with Gasteiger partial charge in [0.2, 0.25) is 0 Å². The first-order valence-corrected chi connectivity index (χ1v) is 4.80. The van der Waals surface area contributed by atoms with Crippen LogP contribution in [0.4, 0.5) is 0 Å². The molecule has 1 heterocycles. The molecule has 0 aromatic carbocycles. The molecule has 0 aliphatic heterocycles. The highest BCUT2D eigenvalue weighted by molar-refractivity contribution is 5.67. The molecule has 0 spiro atoms. The molecule has 1 N–H and O–H groups in total. The zero-order chi connectivity index (χ0) is 8.84. The highest BCUT2D eigenvalue weighted by Gasteiger charge is 2.29. The molecule has 1 aromatic rings. The predicted octanol–water partition coefficient (Wildman–Crippen LogP) is 2.35. The predicted molar refractivity (Wildman–Crippen MR) is 53.1 cm³/mol. The van der Waals surface area contributed by atoms with E-state index < -0.39 is 0 Å². The fourth-order valence-electron chi connectivity index (χ4n) is 1.78. The minimum atomic E-state index is 0.575. The number of allylic oxidation sites excluding steroid dienone is 1. The standard InChI is InChI=1S/C12H11N/c1-2-11-7-10-6-9-5-8(9)3-4-12(10)13-11/h6-8,13H,2,5H2,1H3. The van der Waals surface area contributed by atoms with E-state index in [1.54, 1.807) is 0 Å². The van der Waals surface area contributed by atoms with E-state index in [0.717, 1.165) is 12.1 Å². The molecule has 1 fully saturated rings. The van der Waals surface area contributed by atoms with E-state index in [2.05, 4.69) is 35.9 Å². The van der Waals surface area contributed by atoms with Crippen LogP contribution in [0.15, 0.2) is 11.6 Å². The van der Waals surface area contributed by atoms with Crippen LogP contribution in [0.3, 0.4) is 0 Å². The molecular weight excluding hydrogens is 158 g/mol. The van der Waals surface area contributed by atoms with Gasteiger partial charge in [0, 0.05) is 17.2 Å². The largest absolute Gasteiger partial charge is 0.352 e. The third kappa shape index (κ3) is 1.02. The van der Waals surface area contributed by atoms with Crippen molar-refractivity contribution >= 4 is 6.08 Å². The molecule has 2 aliphatic rings. The van der Waals surface area contributed by atoms with Gasteiger partial charge < -0.3 is 4.98 Å². The molecule has 0 bridgehead atoms. The van der Waals surface area contributed by atoms with Crippen molar-refractivity contribution in [1.82, 2.24) is 4.98 Å². The highest BCUT2D eigenvalue weighted by Crippen LogP contribution is 2.40. The minimum absolute atomic E-state index is 0.575. The molecule has 1 unspecified atom stereocenters. The lowest BCUT2D eigenvalue weighted by molar-refractivity contribution is 1.06. The lowest BCUT2D eigenvalue weighted by Gasteiger charge is -1.85. The van der Waals surface area contributed by atoms with Crippen molar-refractivity contribution in [2.75, 3.05) is 0 Å². The molecular formula is C12H11N. The van der Waals surface area contributed by atoms with Gasteiger partial charge in [0.05, 0.1) is 5.69 Å². The summed E-state index contributed by atoms with van der Waals surface area (Å²) in [6.07, 6.45) is 4.53. The number of fused-ring (bicyclic) bond motifs is 2. The van der Waals surface area contributed by atoms with Crippen LogP contribution < -0.4 is 0 Å². The Balaban J connectivity index is 2.16. The van der Waals surface area contributed by atoms with Crippen molar-refractivity contribution in [3.05, 3.63) is 28.6 Å². The summed E-state index contributed by atoms with van der Waals surface area (Å²) in [6.45, 7) is 2.16. The number of H-pyrrole nitrogens is 1. The molecule has 0 saturated heterocycles. The van der Waals surface area contributed by atoms with Crippen LogP contribution in [-0.4, -0.2) is 4.98 Å². The maximum atomic E-state index is 3.35. The lowest BCUT2D eigenvalue weighted by atomic mass is 10.2. The summed E-state index contributed by atoms with van der Waals surface area (Å²) in [4.78, 5) is 3.35. The van der Waals surface area contributed by atoms with Crippen molar-refractivity contribution < 1.29 is 0 Å². The van der Waals surface area contributed by atoms with Crippen LogP contribution in [0, 0.1) is 17.8 Å². The van der Waals surface area contributed by atoms with Gasteiger partial charge in [0.15, 0.2) is 0 Å². The third-order valence-corrected chi connectivity index (χ3v) is 2.72. The van der Waals surface area contributed by atoms with E-state index in [4.69, 9.17) is 0 Å². The summed E-state index contributed by atoms with van der Waals surface area (Å²) in [6, 6.07) is 2.22. The van der Waals surface area contributed by atoms with Gasteiger partial charge >= 0.3 is 0 Å². The summed E-state index contributed by atoms with van der Waals surface area (Å²) in [5.41, 5.74) is 5.19. The first-order chi connectivity index (χ1) is 6.36. The van der Waals surface area contributed by atoms with Crippen LogP contribution in [0.5, 0.6) is 0 Å². The van der Waals surface area contributed by atoms with Gasteiger partial charge in [0.25, 0.3) is 0 Å². The van der Waals surface area contributed by atoms with E-state index in [9.17, 15) is 0 Å². The maximum absolute atomic E-state index is 3.35. The third-order valence-electron chi connectivity index (χ3n) is 2.72. The highest BCUT2D eigenvalue weighted by atomic mass is 14.7. The van der Waals surface area contributed by atoms with Crippen molar-refractivity contribution in [3.8, 4) is 11.8 Å². The number of aromatic amines is 1. The summed E-state index contributed by atoms with van der Waals surface area (Å²) in [5, 5.41) is 0. The molecule has 0 amide bonds. The van der Waals surface area contributed by atoms with Crippen LogP contribution in [0.1, 0.15) is 30.3 Å². The topological polar surface area (TPSA) is 15.8 Å². The Kier molecular flexibility index (Phi) is 1.24. The monoisotopic (exact) mass is 169 g/mol. The van der Waals surface area contributed by atoms with Crippen LogP contribution in [-0.2, 0) is 6.42 Å². The first-order valence-electron chi connectivity index (χ1n) is 4.80. The molecule has 64 valence electrons.